The first-order chi connectivity index (χ1) is 6.90. The number of sulfonamides is 1. The summed E-state index contributed by atoms with van der Waals surface area (Å²) in [7, 11) is -2.36. The van der Waals surface area contributed by atoms with Gasteiger partial charge in [0, 0.05) is 0 Å². The zero-order valence-electron chi connectivity index (χ0n) is 8.86. The molecule has 0 amide bonds. The van der Waals surface area contributed by atoms with Crippen LogP contribution in [-0.2, 0) is 19.6 Å². The highest BCUT2D eigenvalue weighted by Gasteiger charge is 2.43. The molecule has 1 fully saturated rings. The Bertz CT molecular complexity index is 330. The van der Waals surface area contributed by atoms with Gasteiger partial charge in [0.15, 0.2) is 0 Å². The van der Waals surface area contributed by atoms with Crippen LogP contribution in [-0.4, -0.2) is 27.2 Å². The van der Waals surface area contributed by atoms with Crippen molar-refractivity contribution < 1.29 is 17.9 Å². The second-order valence-electron chi connectivity index (χ2n) is 4.14. The molecule has 0 unspecified atom stereocenters. The van der Waals surface area contributed by atoms with E-state index in [-0.39, 0.29) is 5.75 Å². The summed E-state index contributed by atoms with van der Waals surface area (Å²) in [5, 5.41) is 5.01. The average molecular weight is 235 g/mol. The van der Waals surface area contributed by atoms with Gasteiger partial charge >= 0.3 is 5.97 Å². The molecule has 5 nitrogen and oxygen atoms in total. The molecule has 0 radical (unpaired) electrons. The van der Waals surface area contributed by atoms with E-state index in [2.05, 4.69) is 4.74 Å². The van der Waals surface area contributed by atoms with Crippen LogP contribution in [0.4, 0.5) is 0 Å². The highest BCUT2D eigenvalue weighted by atomic mass is 32.2. The molecule has 2 N–H and O–H groups in total. The van der Waals surface area contributed by atoms with Crippen LogP contribution >= 0.6 is 0 Å². The number of hydrogen-bond donors (Lipinski definition) is 1. The average Bonchev–Trinajstić information content (AvgIpc) is 2.15. The van der Waals surface area contributed by atoms with Gasteiger partial charge in [0.1, 0.15) is 0 Å². The molecule has 1 aliphatic carbocycles. The molecule has 6 heteroatoms. The van der Waals surface area contributed by atoms with Gasteiger partial charge in [0.05, 0.1) is 18.3 Å². The molecule has 1 rings (SSSR count). The van der Waals surface area contributed by atoms with Crippen LogP contribution < -0.4 is 5.14 Å². The van der Waals surface area contributed by atoms with Crippen LogP contribution in [0.25, 0.3) is 0 Å². The van der Waals surface area contributed by atoms with Gasteiger partial charge in [-0.15, -0.1) is 0 Å². The van der Waals surface area contributed by atoms with Gasteiger partial charge < -0.3 is 4.74 Å². The number of hydrogen-bond acceptors (Lipinski definition) is 4. The molecule has 15 heavy (non-hydrogen) atoms. The van der Waals surface area contributed by atoms with Crippen molar-refractivity contribution in [2.24, 2.45) is 10.6 Å². The van der Waals surface area contributed by atoms with E-state index in [0.717, 1.165) is 19.3 Å². The Labute approximate surface area is 90.0 Å². The van der Waals surface area contributed by atoms with Gasteiger partial charge in [0.25, 0.3) is 0 Å². The van der Waals surface area contributed by atoms with E-state index < -0.39 is 21.4 Å². The lowest BCUT2D eigenvalue weighted by molar-refractivity contribution is -0.153. The summed E-state index contributed by atoms with van der Waals surface area (Å²) >= 11 is 0. The second kappa shape index (κ2) is 4.49. The molecule has 0 spiro atoms. The highest BCUT2D eigenvalue weighted by Crippen LogP contribution is 2.38. The van der Waals surface area contributed by atoms with E-state index in [0.29, 0.717) is 12.8 Å². The predicted octanol–water partition coefficient (Wildman–Crippen LogP) is 0.398. The first-order valence-corrected chi connectivity index (χ1v) is 6.70. The van der Waals surface area contributed by atoms with Crippen molar-refractivity contribution in [2.45, 2.75) is 32.1 Å². The molecule has 1 aliphatic rings. The van der Waals surface area contributed by atoms with E-state index in [1.54, 1.807) is 0 Å². The minimum atomic E-state index is -3.64. The normalized spacial score (nSPS) is 20.9. The van der Waals surface area contributed by atoms with Crippen LogP contribution in [0.5, 0.6) is 0 Å². The molecular formula is C9H17NO4S. The van der Waals surface area contributed by atoms with E-state index in [4.69, 9.17) is 5.14 Å². The van der Waals surface area contributed by atoms with Gasteiger partial charge in [-0.2, -0.15) is 0 Å². The minimum Gasteiger partial charge on any atom is -0.469 e. The SMILES string of the molecule is COC(=O)C1(CS(N)(=O)=O)CCCCC1. The quantitative estimate of drug-likeness (QED) is 0.717. The van der Waals surface area contributed by atoms with Crippen LogP contribution in [0.15, 0.2) is 0 Å². The monoisotopic (exact) mass is 235 g/mol. The van der Waals surface area contributed by atoms with Crippen molar-refractivity contribution in [2.75, 3.05) is 12.9 Å². The van der Waals surface area contributed by atoms with E-state index >= 15 is 0 Å². The van der Waals surface area contributed by atoms with Crippen molar-refractivity contribution >= 4 is 16.0 Å². The van der Waals surface area contributed by atoms with Crippen molar-refractivity contribution in [3.63, 3.8) is 0 Å². The third-order valence-electron chi connectivity index (χ3n) is 2.91. The van der Waals surface area contributed by atoms with Crippen LogP contribution in [0.3, 0.4) is 0 Å². The molecule has 0 saturated heterocycles. The Balaban J connectivity index is 2.90. The van der Waals surface area contributed by atoms with Crippen LogP contribution in [0, 0.1) is 5.41 Å². The lowest BCUT2D eigenvalue weighted by atomic mass is 9.75. The first-order valence-electron chi connectivity index (χ1n) is 4.98. The van der Waals surface area contributed by atoms with Crippen LogP contribution in [0.2, 0.25) is 0 Å². The molecule has 0 aromatic carbocycles. The number of rotatable bonds is 3. The van der Waals surface area contributed by atoms with Gasteiger partial charge in [-0.05, 0) is 12.8 Å². The zero-order chi connectivity index (χ0) is 11.5. The molecule has 0 aromatic rings. The maximum atomic E-state index is 11.6. The highest BCUT2D eigenvalue weighted by molar-refractivity contribution is 7.89. The third-order valence-corrected chi connectivity index (χ3v) is 3.86. The Morgan fingerprint density at radius 3 is 2.27 bits per heavy atom. The van der Waals surface area contributed by atoms with Crippen molar-refractivity contribution in [3.8, 4) is 0 Å². The van der Waals surface area contributed by atoms with Gasteiger partial charge in [-0.25, -0.2) is 13.6 Å². The minimum absolute atomic E-state index is 0.299. The van der Waals surface area contributed by atoms with Crippen molar-refractivity contribution in [1.82, 2.24) is 0 Å². The lowest BCUT2D eigenvalue weighted by Crippen LogP contribution is -2.42. The Kier molecular flexibility index (Phi) is 3.72. The summed E-state index contributed by atoms with van der Waals surface area (Å²) in [5.74, 6) is -0.747. The Hall–Kier alpha value is -0.620. The molecular weight excluding hydrogens is 218 g/mol. The van der Waals surface area contributed by atoms with E-state index in [1.807, 2.05) is 0 Å². The molecule has 0 aromatic heterocycles. The number of carbonyl (C=O) groups is 1. The number of nitrogens with two attached hydrogens (primary N) is 1. The number of methoxy groups -OCH3 is 1. The third kappa shape index (κ3) is 3.17. The topological polar surface area (TPSA) is 86.5 Å². The van der Waals surface area contributed by atoms with Crippen molar-refractivity contribution in [3.05, 3.63) is 0 Å². The molecule has 0 heterocycles. The van der Waals surface area contributed by atoms with Gasteiger partial charge in [-0.1, -0.05) is 19.3 Å². The molecule has 1 saturated carbocycles. The maximum Gasteiger partial charge on any atom is 0.312 e. The largest absolute Gasteiger partial charge is 0.469 e. The molecule has 88 valence electrons. The fourth-order valence-corrected chi connectivity index (χ4v) is 3.41. The van der Waals surface area contributed by atoms with Gasteiger partial charge in [0.2, 0.25) is 10.0 Å². The van der Waals surface area contributed by atoms with Crippen LogP contribution in [0.1, 0.15) is 32.1 Å². The number of ether oxygens (including phenoxy) is 1. The van der Waals surface area contributed by atoms with Crippen molar-refractivity contribution in [1.29, 1.82) is 0 Å². The second-order valence-corrected chi connectivity index (χ2v) is 5.75. The standard InChI is InChI=1S/C9H17NO4S/c1-14-8(11)9(7-15(10,12)13)5-3-2-4-6-9/h2-7H2,1H3,(H2,10,12,13). The van der Waals surface area contributed by atoms with E-state index in [9.17, 15) is 13.2 Å². The summed E-state index contributed by atoms with van der Waals surface area (Å²) in [6.07, 6.45) is 3.84. The molecule has 0 atom stereocenters. The van der Waals surface area contributed by atoms with E-state index in [1.165, 1.54) is 7.11 Å². The zero-order valence-corrected chi connectivity index (χ0v) is 9.68. The number of carbonyl (C=O) groups excluding carboxylic acids is 1. The first kappa shape index (κ1) is 12.4. The summed E-state index contributed by atoms with van der Waals surface area (Å²) in [6, 6.07) is 0. The maximum absolute atomic E-state index is 11.6. The summed E-state index contributed by atoms with van der Waals surface area (Å²) in [5.41, 5.74) is -0.902. The fraction of sp³-hybridized carbons (Fsp3) is 0.889. The Morgan fingerprint density at radius 2 is 1.87 bits per heavy atom. The summed E-state index contributed by atoms with van der Waals surface area (Å²) in [4.78, 5) is 11.6. The molecule has 0 aliphatic heterocycles. The predicted molar refractivity (Wildman–Crippen MR) is 55.5 cm³/mol. The smallest absolute Gasteiger partial charge is 0.312 e. The Morgan fingerprint density at radius 1 is 1.33 bits per heavy atom. The van der Waals surface area contributed by atoms with Gasteiger partial charge in [-0.3, -0.25) is 4.79 Å². The summed E-state index contributed by atoms with van der Waals surface area (Å²) < 4.78 is 26.9. The summed E-state index contributed by atoms with van der Waals surface area (Å²) in [6.45, 7) is 0. The molecule has 0 bridgehead atoms. The fourth-order valence-electron chi connectivity index (χ4n) is 2.24. The number of esters is 1. The number of primary sulfonamides is 1. The lowest BCUT2D eigenvalue weighted by Gasteiger charge is -2.33.